The monoisotopic (exact) mass is 493 g/mol. The van der Waals surface area contributed by atoms with Gasteiger partial charge in [0.15, 0.2) is 17.0 Å². The lowest BCUT2D eigenvalue weighted by Crippen LogP contribution is -2.59. The molecule has 4 rings (SSSR count). The molecule has 188 valence electrons. The Morgan fingerprint density at radius 2 is 1.79 bits per heavy atom. The van der Waals surface area contributed by atoms with Crippen molar-refractivity contribution in [2.24, 2.45) is 16.7 Å². The summed E-state index contributed by atoms with van der Waals surface area (Å²) in [5.41, 5.74) is -1.61. The number of benzene rings is 1. The predicted octanol–water partition coefficient (Wildman–Crippen LogP) is 3.07. The van der Waals surface area contributed by atoms with E-state index in [4.69, 9.17) is 14.2 Å². The van der Waals surface area contributed by atoms with Crippen molar-refractivity contribution in [3.05, 3.63) is 23.3 Å². The van der Waals surface area contributed by atoms with Gasteiger partial charge in [0, 0.05) is 18.4 Å². The number of rotatable bonds is 7. The number of methoxy groups -OCH3 is 2. The molecule has 1 heterocycles. The maximum Gasteiger partial charge on any atom is 0.331 e. The molecule has 0 amide bonds. The predicted molar refractivity (Wildman–Crippen MR) is 126 cm³/mol. The number of carbonyl (C=O) groups excluding carboxylic acids is 2. The van der Waals surface area contributed by atoms with E-state index in [0.29, 0.717) is 36.3 Å². The van der Waals surface area contributed by atoms with Crippen molar-refractivity contribution >= 4 is 21.8 Å². The highest BCUT2D eigenvalue weighted by atomic mass is 32.2. The van der Waals surface area contributed by atoms with Crippen molar-refractivity contribution in [2.45, 2.75) is 58.9 Å². The second-order valence-electron chi connectivity index (χ2n) is 10.4. The van der Waals surface area contributed by atoms with Gasteiger partial charge in [0.1, 0.15) is 5.78 Å². The van der Waals surface area contributed by atoms with Crippen LogP contribution in [0.4, 0.5) is 0 Å². The number of nitrogens with zero attached hydrogens (tertiary/aromatic N) is 1. The molecular weight excluding hydrogens is 458 g/mol. The van der Waals surface area contributed by atoms with Gasteiger partial charge in [0.2, 0.25) is 10.0 Å². The molecule has 2 bridgehead atoms. The van der Waals surface area contributed by atoms with Gasteiger partial charge in [-0.2, -0.15) is 4.31 Å². The van der Waals surface area contributed by atoms with Crippen LogP contribution in [-0.2, 0) is 36.3 Å². The van der Waals surface area contributed by atoms with E-state index in [1.165, 1.54) is 18.5 Å². The van der Waals surface area contributed by atoms with Gasteiger partial charge in [-0.1, -0.05) is 13.8 Å². The molecule has 9 heteroatoms. The summed E-state index contributed by atoms with van der Waals surface area (Å²) in [7, 11) is -1.00. The first-order chi connectivity index (χ1) is 15.9. The Morgan fingerprint density at radius 1 is 1.15 bits per heavy atom. The van der Waals surface area contributed by atoms with Gasteiger partial charge in [-0.05, 0) is 67.7 Å². The zero-order valence-electron chi connectivity index (χ0n) is 20.9. The minimum Gasteiger partial charge on any atom is -0.493 e. The lowest BCUT2D eigenvalue weighted by atomic mass is 9.70. The molecule has 0 spiro atoms. The molecule has 3 atom stereocenters. The molecule has 3 aliphatic rings. The van der Waals surface area contributed by atoms with Crippen LogP contribution in [-0.4, -0.2) is 57.6 Å². The van der Waals surface area contributed by atoms with Crippen LogP contribution in [0.25, 0.3) is 0 Å². The molecule has 0 radical (unpaired) electrons. The average Bonchev–Trinajstić information content (AvgIpc) is 3.12. The van der Waals surface area contributed by atoms with E-state index in [-0.39, 0.29) is 30.6 Å². The third kappa shape index (κ3) is 3.30. The van der Waals surface area contributed by atoms with Crippen molar-refractivity contribution in [3.63, 3.8) is 0 Å². The highest BCUT2D eigenvalue weighted by Crippen LogP contribution is 2.64. The van der Waals surface area contributed by atoms with Crippen LogP contribution in [0.2, 0.25) is 0 Å². The fourth-order valence-electron chi connectivity index (χ4n) is 6.56. The molecule has 34 heavy (non-hydrogen) atoms. The summed E-state index contributed by atoms with van der Waals surface area (Å²) in [6.07, 6.45) is 2.24. The van der Waals surface area contributed by atoms with Gasteiger partial charge in [0.25, 0.3) is 0 Å². The quantitative estimate of drug-likeness (QED) is 0.538. The molecule has 2 saturated carbocycles. The summed E-state index contributed by atoms with van der Waals surface area (Å²) in [5.74, 6) is 0.202. The molecule has 0 unspecified atom stereocenters. The number of ketones is 1. The fourth-order valence-corrected chi connectivity index (χ4v) is 9.11. The summed E-state index contributed by atoms with van der Waals surface area (Å²) >= 11 is 0. The maximum absolute atomic E-state index is 14.1. The third-order valence-electron chi connectivity index (χ3n) is 8.79. The summed E-state index contributed by atoms with van der Waals surface area (Å²) in [6, 6.07) is 3.46. The smallest absolute Gasteiger partial charge is 0.331 e. The molecule has 0 aromatic heterocycles. The number of hydrogen-bond donors (Lipinski definition) is 0. The van der Waals surface area contributed by atoms with Crippen LogP contribution < -0.4 is 9.47 Å². The molecule has 1 aromatic carbocycles. The van der Waals surface area contributed by atoms with Crippen molar-refractivity contribution in [1.29, 1.82) is 0 Å². The van der Waals surface area contributed by atoms with Crippen molar-refractivity contribution in [3.8, 4) is 11.5 Å². The van der Waals surface area contributed by atoms with E-state index < -0.39 is 32.4 Å². The van der Waals surface area contributed by atoms with Crippen LogP contribution in [0.15, 0.2) is 12.1 Å². The number of Topliss-reactive ketones (excluding diaryl/α,β-unsaturated/α-hetero) is 1. The normalized spacial score (nSPS) is 30.2. The molecular formula is C25H35NO7S. The molecule has 0 N–H and O–H groups in total. The van der Waals surface area contributed by atoms with Crippen LogP contribution in [0, 0.1) is 16.7 Å². The van der Waals surface area contributed by atoms with E-state index in [0.717, 1.165) is 12.0 Å². The Labute approximate surface area is 202 Å². The van der Waals surface area contributed by atoms with Gasteiger partial charge in [-0.15, -0.1) is 0 Å². The molecule has 1 aliphatic heterocycles. The number of sulfonamides is 1. The zero-order chi connectivity index (χ0) is 25.1. The van der Waals surface area contributed by atoms with Gasteiger partial charge in [0.05, 0.1) is 26.6 Å². The Hall–Kier alpha value is -2.13. The summed E-state index contributed by atoms with van der Waals surface area (Å²) in [4.78, 5) is 26.5. The SMILES string of the molecule is CCOC(=O)[C@]1(C)c2cc(OC)c(OC)cc2CCN1S(=O)(=O)C[C@]12CC[C@@H](CC1=O)C2(C)C. The van der Waals surface area contributed by atoms with E-state index in [1.54, 1.807) is 26.0 Å². The van der Waals surface area contributed by atoms with Crippen molar-refractivity contribution in [2.75, 3.05) is 33.1 Å². The molecule has 1 aromatic rings. The topological polar surface area (TPSA) is 99.2 Å². The number of carbonyl (C=O) groups is 2. The number of hydrogen-bond acceptors (Lipinski definition) is 7. The minimum absolute atomic E-state index is 0.0268. The highest BCUT2D eigenvalue weighted by Gasteiger charge is 2.66. The Bertz CT molecular complexity index is 1130. The Balaban J connectivity index is 1.83. The molecule has 2 aliphatic carbocycles. The largest absolute Gasteiger partial charge is 0.493 e. The van der Waals surface area contributed by atoms with Gasteiger partial charge < -0.3 is 14.2 Å². The van der Waals surface area contributed by atoms with E-state index in [2.05, 4.69) is 0 Å². The zero-order valence-corrected chi connectivity index (χ0v) is 21.7. The van der Waals surface area contributed by atoms with Crippen LogP contribution >= 0.6 is 0 Å². The third-order valence-corrected chi connectivity index (χ3v) is 10.9. The second kappa shape index (κ2) is 8.22. The lowest BCUT2D eigenvalue weighted by molar-refractivity contribution is -0.155. The summed E-state index contributed by atoms with van der Waals surface area (Å²) in [6.45, 7) is 7.52. The first-order valence-electron chi connectivity index (χ1n) is 11.9. The molecule has 0 saturated heterocycles. The first kappa shape index (κ1) is 25.0. The molecule has 2 fully saturated rings. The standard InChI is InChI=1S/C25H35NO7S/c1-7-33-22(28)24(4)18-14-20(32-6)19(31-5)12-16(18)9-11-26(24)34(29,30)15-25-10-8-17(13-21(25)27)23(25,2)3/h12,14,17H,7-11,13,15H2,1-6H3/t17-,24-,25+/m0/s1. The summed E-state index contributed by atoms with van der Waals surface area (Å²) < 4.78 is 45.7. The van der Waals surface area contributed by atoms with Crippen LogP contribution in [0.5, 0.6) is 11.5 Å². The second-order valence-corrected chi connectivity index (χ2v) is 12.3. The number of esters is 1. The van der Waals surface area contributed by atoms with Gasteiger partial charge in [-0.25, -0.2) is 13.2 Å². The van der Waals surface area contributed by atoms with Gasteiger partial charge in [-0.3, -0.25) is 4.79 Å². The Kier molecular flexibility index (Phi) is 6.04. The fraction of sp³-hybridized carbons (Fsp3) is 0.680. The van der Waals surface area contributed by atoms with Crippen LogP contribution in [0.3, 0.4) is 0 Å². The maximum atomic E-state index is 14.1. The molecule has 8 nitrogen and oxygen atoms in total. The van der Waals surface area contributed by atoms with Crippen molar-refractivity contribution in [1.82, 2.24) is 4.31 Å². The van der Waals surface area contributed by atoms with Crippen molar-refractivity contribution < 1.29 is 32.2 Å². The highest BCUT2D eigenvalue weighted by molar-refractivity contribution is 7.89. The van der Waals surface area contributed by atoms with E-state index in [9.17, 15) is 18.0 Å². The van der Waals surface area contributed by atoms with Crippen LogP contribution in [0.1, 0.15) is 58.1 Å². The van der Waals surface area contributed by atoms with Gasteiger partial charge >= 0.3 is 5.97 Å². The summed E-state index contributed by atoms with van der Waals surface area (Å²) in [5, 5.41) is 0. The first-order valence-corrected chi connectivity index (χ1v) is 13.5. The minimum atomic E-state index is -4.02. The van der Waals surface area contributed by atoms with E-state index in [1.807, 2.05) is 13.8 Å². The Morgan fingerprint density at radius 3 is 2.32 bits per heavy atom. The number of fused-ring (bicyclic) bond motifs is 3. The number of ether oxygens (including phenoxy) is 3. The van der Waals surface area contributed by atoms with E-state index >= 15 is 0 Å². The average molecular weight is 494 g/mol. The lowest BCUT2D eigenvalue weighted by Gasteiger charge is -2.45.